The van der Waals surface area contributed by atoms with Gasteiger partial charge in [0, 0.05) is 115 Å². The highest BCUT2D eigenvalue weighted by Crippen LogP contribution is 2.37. The molecule has 0 unspecified atom stereocenters. The SMILES string of the molecule is Cn1c2ccccc2c2ccc3ccccc3c21.Cn1c2ccccc2c2ccc3ccccc3c21.Cn1c2ccccc2c2ccc3ccccc3c21.Cn1c2ccccc2c2ccc3ccccc3c21. The molecule has 0 aliphatic heterocycles. The molecule has 0 aliphatic rings. The van der Waals surface area contributed by atoms with Gasteiger partial charge in [0.2, 0.25) is 0 Å². The summed E-state index contributed by atoms with van der Waals surface area (Å²) in [5.74, 6) is 0. The molecule has 16 aromatic rings. The van der Waals surface area contributed by atoms with Gasteiger partial charge in [-0.3, -0.25) is 0 Å². The molecule has 72 heavy (non-hydrogen) atoms. The number of benzene rings is 12. The molecular formula is C68H52N4. The second-order valence-electron chi connectivity index (χ2n) is 19.0. The van der Waals surface area contributed by atoms with Crippen LogP contribution in [0.4, 0.5) is 0 Å². The number of aryl methyl sites for hydroxylation is 4. The number of nitrogens with zero attached hydrogens (tertiary/aromatic N) is 4. The van der Waals surface area contributed by atoms with Gasteiger partial charge in [-0.1, -0.05) is 218 Å². The van der Waals surface area contributed by atoms with Crippen molar-refractivity contribution in [2.24, 2.45) is 28.2 Å². The van der Waals surface area contributed by atoms with Gasteiger partial charge in [-0.15, -0.1) is 0 Å². The van der Waals surface area contributed by atoms with E-state index in [4.69, 9.17) is 0 Å². The first-order valence-electron chi connectivity index (χ1n) is 24.8. The highest BCUT2D eigenvalue weighted by atomic mass is 15.0. The fourth-order valence-corrected chi connectivity index (χ4v) is 11.8. The summed E-state index contributed by atoms with van der Waals surface area (Å²) in [4.78, 5) is 0. The summed E-state index contributed by atoms with van der Waals surface area (Å²) < 4.78 is 9.19. The smallest absolute Gasteiger partial charge is 0.0568 e. The number of hydrogen-bond donors (Lipinski definition) is 0. The molecule has 0 spiro atoms. The summed E-state index contributed by atoms with van der Waals surface area (Å²) in [5, 5.41) is 21.2. The maximum Gasteiger partial charge on any atom is 0.0568 e. The molecule has 4 nitrogen and oxygen atoms in total. The van der Waals surface area contributed by atoms with Crippen molar-refractivity contribution in [1.82, 2.24) is 18.3 Å². The predicted octanol–water partition coefficient (Wildman–Crippen LogP) is 17.9. The van der Waals surface area contributed by atoms with Crippen LogP contribution in [0.25, 0.3) is 130 Å². The average molecular weight is 925 g/mol. The Bertz CT molecular complexity index is 4140. The number of aromatic nitrogens is 4. The lowest BCUT2D eigenvalue weighted by Gasteiger charge is -2.02. The Morgan fingerprint density at radius 1 is 0.167 bits per heavy atom. The Hall–Kier alpha value is -9.12. The van der Waals surface area contributed by atoms with Gasteiger partial charge in [-0.2, -0.15) is 0 Å². The molecule has 16 rings (SSSR count). The predicted molar refractivity (Wildman–Crippen MR) is 312 cm³/mol. The molecule has 0 saturated carbocycles. The molecule has 4 aromatic heterocycles. The largest absolute Gasteiger partial charge is 0.343 e. The molecule has 0 N–H and O–H groups in total. The Balaban J connectivity index is 0.0000000933. The molecule has 0 aliphatic carbocycles. The van der Waals surface area contributed by atoms with E-state index in [0.717, 1.165) is 0 Å². The van der Waals surface area contributed by atoms with Crippen molar-refractivity contribution in [3.05, 3.63) is 243 Å². The van der Waals surface area contributed by atoms with Crippen LogP contribution in [0.3, 0.4) is 0 Å². The molecular weight excluding hydrogens is 873 g/mol. The van der Waals surface area contributed by atoms with Gasteiger partial charge in [0.25, 0.3) is 0 Å². The molecule has 0 bridgehead atoms. The fraction of sp³-hybridized carbons (Fsp3) is 0.0588. The Morgan fingerprint density at radius 2 is 0.347 bits per heavy atom. The molecule has 0 atom stereocenters. The zero-order chi connectivity index (χ0) is 48.5. The van der Waals surface area contributed by atoms with Crippen molar-refractivity contribution in [3.8, 4) is 0 Å². The first-order chi connectivity index (χ1) is 35.4. The summed E-state index contributed by atoms with van der Waals surface area (Å²) in [6.07, 6.45) is 0. The van der Waals surface area contributed by atoms with E-state index in [1.54, 1.807) is 0 Å². The first kappa shape index (κ1) is 42.9. The molecule has 0 saturated heterocycles. The van der Waals surface area contributed by atoms with Crippen molar-refractivity contribution in [2.45, 2.75) is 0 Å². The van der Waals surface area contributed by atoms with Gasteiger partial charge >= 0.3 is 0 Å². The normalized spacial score (nSPS) is 11.6. The summed E-state index contributed by atoms with van der Waals surface area (Å²) in [5.41, 5.74) is 10.5. The maximum absolute atomic E-state index is 2.30. The van der Waals surface area contributed by atoms with Crippen molar-refractivity contribution in [2.75, 3.05) is 0 Å². The van der Waals surface area contributed by atoms with E-state index in [9.17, 15) is 0 Å². The monoisotopic (exact) mass is 924 g/mol. The third-order valence-corrected chi connectivity index (χ3v) is 15.2. The number of rotatable bonds is 0. The molecule has 12 aromatic carbocycles. The van der Waals surface area contributed by atoms with Gasteiger partial charge in [0.15, 0.2) is 0 Å². The van der Waals surface area contributed by atoms with E-state index in [-0.39, 0.29) is 0 Å². The van der Waals surface area contributed by atoms with E-state index >= 15 is 0 Å². The van der Waals surface area contributed by atoms with Crippen LogP contribution < -0.4 is 0 Å². The van der Waals surface area contributed by atoms with Crippen LogP contribution in [0.15, 0.2) is 243 Å². The van der Waals surface area contributed by atoms with Crippen LogP contribution in [0.5, 0.6) is 0 Å². The van der Waals surface area contributed by atoms with Crippen molar-refractivity contribution in [1.29, 1.82) is 0 Å². The summed E-state index contributed by atoms with van der Waals surface area (Å²) in [6.45, 7) is 0. The van der Waals surface area contributed by atoms with Crippen LogP contribution >= 0.6 is 0 Å². The van der Waals surface area contributed by atoms with Crippen LogP contribution in [-0.2, 0) is 28.2 Å². The standard InChI is InChI=1S/4C17H13N/c4*1-18-16-9-5-4-8-14(16)15-11-10-12-6-2-3-7-13(12)17(15)18/h4*2-11H,1H3. The average Bonchev–Trinajstić information content (AvgIpc) is 4.13. The van der Waals surface area contributed by atoms with Crippen LogP contribution in [0.1, 0.15) is 0 Å². The van der Waals surface area contributed by atoms with E-state index in [1.807, 2.05) is 0 Å². The van der Waals surface area contributed by atoms with Gasteiger partial charge in [0.1, 0.15) is 0 Å². The fourth-order valence-electron chi connectivity index (χ4n) is 11.8. The molecule has 0 radical (unpaired) electrons. The van der Waals surface area contributed by atoms with Gasteiger partial charge < -0.3 is 18.3 Å². The maximum atomic E-state index is 2.30. The van der Waals surface area contributed by atoms with E-state index in [2.05, 4.69) is 289 Å². The minimum Gasteiger partial charge on any atom is -0.343 e. The lowest BCUT2D eigenvalue weighted by molar-refractivity contribution is 1.02. The molecule has 344 valence electrons. The quantitative estimate of drug-likeness (QED) is 0.144. The minimum atomic E-state index is 1.30. The van der Waals surface area contributed by atoms with Gasteiger partial charge in [-0.05, 0) is 45.8 Å². The minimum absolute atomic E-state index is 1.30. The molecule has 4 heteroatoms. The number of fused-ring (bicyclic) bond motifs is 20. The van der Waals surface area contributed by atoms with Crippen LogP contribution in [0.2, 0.25) is 0 Å². The van der Waals surface area contributed by atoms with Crippen molar-refractivity contribution >= 4 is 130 Å². The van der Waals surface area contributed by atoms with Crippen molar-refractivity contribution < 1.29 is 0 Å². The number of hydrogen-bond acceptors (Lipinski definition) is 0. The van der Waals surface area contributed by atoms with Gasteiger partial charge in [-0.25, -0.2) is 0 Å². The van der Waals surface area contributed by atoms with Crippen LogP contribution in [0, 0.1) is 0 Å². The first-order valence-corrected chi connectivity index (χ1v) is 24.8. The van der Waals surface area contributed by atoms with E-state index in [0.29, 0.717) is 0 Å². The second kappa shape index (κ2) is 17.4. The third kappa shape index (κ3) is 6.82. The number of para-hydroxylation sites is 4. The van der Waals surface area contributed by atoms with Crippen molar-refractivity contribution in [3.63, 3.8) is 0 Å². The lowest BCUT2D eigenvalue weighted by atomic mass is 10.1. The molecule has 0 fully saturated rings. The Labute approximate surface area is 417 Å². The van der Waals surface area contributed by atoms with E-state index < -0.39 is 0 Å². The van der Waals surface area contributed by atoms with Crippen LogP contribution in [-0.4, -0.2) is 18.3 Å². The summed E-state index contributed by atoms with van der Waals surface area (Å²) in [6, 6.07) is 86.5. The van der Waals surface area contributed by atoms with Gasteiger partial charge in [0.05, 0.1) is 22.1 Å². The van der Waals surface area contributed by atoms with E-state index in [1.165, 1.54) is 130 Å². The third-order valence-electron chi connectivity index (χ3n) is 15.2. The molecule has 0 amide bonds. The zero-order valence-corrected chi connectivity index (χ0v) is 40.9. The molecule has 4 heterocycles. The highest BCUT2D eigenvalue weighted by molar-refractivity contribution is 6.20. The summed E-state index contributed by atoms with van der Waals surface area (Å²) >= 11 is 0. The Kier molecular flexibility index (Phi) is 10.4. The topological polar surface area (TPSA) is 19.7 Å². The summed E-state index contributed by atoms with van der Waals surface area (Å²) in [7, 11) is 8.60. The Morgan fingerprint density at radius 3 is 0.569 bits per heavy atom. The lowest BCUT2D eigenvalue weighted by Crippen LogP contribution is -1.87. The highest BCUT2D eigenvalue weighted by Gasteiger charge is 2.14. The second-order valence-corrected chi connectivity index (χ2v) is 19.0. The zero-order valence-electron chi connectivity index (χ0n) is 40.9.